The van der Waals surface area contributed by atoms with Crippen LogP contribution in [-0.4, -0.2) is 34.8 Å². The lowest BCUT2D eigenvalue weighted by Crippen LogP contribution is -2.30. The average Bonchev–Trinajstić information content (AvgIpc) is 2.49. The lowest BCUT2D eigenvalue weighted by molar-refractivity contribution is 0.249. The van der Waals surface area contributed by atoms with E-state index in [0.717, 1.165) is 17.1 Å². The number of hydrogen-bond donors (Lipinski definition) is 0. The molecule has 1 saturated heterocycles. The van der Waals surface area contributed by atoms with Crippen molar-refractivity contribution in [2.75, 3.05) is 25.4 Å². The third-order valence-electron chi connectivity index (χ3n) is 3.61. The van der Waals surface area contributed by atoms with Crippen LogP contribution < -0.4 is 0 Å². The maximum atomic E-state index is 12.0. The quantitative estimate of drug-likeness (QED) is 0.565. The van der Waals surface area contributed by atoms with Crippen LogP contribution >= 0.6 is 0 Å². The Labute approximate surface area is 120 Å². The smallest absolute Gasteiger partial charge is 0.152 e. The number of unbranched alkanes of at least 4 members (excludes halogenated alkanes) is 2. The molecule has 3 heteroatoms. The van der Waals surface area contributed by atoms with Gasteiger partial charge in [-0.25, -0.2) is 0 Å². The summed E-state index contributed by atoms with van der Waals surface area (Å²) in [5.41, 5.74) is 0. The van der Waals surface area contributed by atoms with Gasteiger partial charge in [-0.1, -0.05) is 18.2 Å². The predicted octanol–water partition coefficient (Wildman–Crippen LogP) is 3.26. The maximum absolute atomic E-state index is 12.0. The standard InChI is InChI=1S/C16H24NOS/c18-19(16-10-4-1-5-11-16)15-9-3-8-14-17-12-6-2-7-13-17/h1-2,4-5,10-11H,3,6-9,12-15H2. The van der Waals surface area contributed by atoms with Gasteiger partial charge in [0.05, 0.1) is 0 Å². The number of piperidine rings is 1. The van der Waals surface area contributed by atoms with Crippen molar-refractivity contribution >= 4 is 11.2 Å². The maximum Gasteiger partial charge on any atom is 0.152 e. The van der Waals surface area contributed by atoms with Crippen molar-refractivity contribution in [3.8, 4) is 0 Å². The second-order valence-electron chi connectivity index (χ2n) is 5.13. The lowest BCUT2D eigenvalue weighted by Gasteiger charge is -2.26. The Morgan fingerprint density at radius 1 is 1.00 bits per heavy atom. The molecule has 0 saturated carbocycles. The first-order valence-corrected chi connectivity index (χ1v) is 8.65. The fourth-order valence-corrected chi connectivity index (χ4v) is 3.63. The largest absolute Gasteiger partial charge is 0.611 e. The van der Waals surface area contributed by atoms with Gasteiger partial charge in [0.1, 0.15) is 5.75 Å². The highest BCUT2D eigenvalue weighted by Crippen LogP contribution is 2.13. The summed E-state index contributed by atoms with van der Waals surface area (Å²) in [5, 5.41) is 0. The van der Waals surface area contributed by atoms with Gasteiger partial charge in [-0.15, -0.1) is 0 Å². The van der Waals surface area contributed by atoms with Crippen LogP contribution in [0.2, 0.25) is 0 Å². The molecular weight excluding hydrogens is 254 g/mol. The van der Waals surface area contributed by atoms with Crippen molar-refractivity contribution in [2.24, 2.45) is 0 Å². The first-order chi connectivity index (χ1) is 9.36. The molecule has 2 nitrogen and oxygen atoms in total. The number of benzene rings is 1. The van der Waals surface area contributed by atoms with Gasteiger partial charge in [0.15, 0.2) is 4.90 Å². The molecule has 0 bridgehead atoms. The minimum absolute atomic E-state index is 0.803. The van der Waals surface area contributed by atoms with E-state index in [-0.39, 0.29) is 0 Å². The van der Waals surface area contributed by atoms with Crippen LogP contribution in [-0.2, 0) is 11.2 Å². The Balaban J connectivity index is 1.54. The molecule has 1 unspecified atom stereocenters. The first-order valence-electron chi connectivity index (χ1n) is 7.34. The monoisotopic (exact) mass is 278 g/mol. The molecule has 0 N–H and O–H groups in total. The van der Waals surface area contributed by atoms with Crippen molar-refractivity contribution < 1.29 is 4.55 Å². The van der Waals surface area contributed by atoms with E-state index in [1.165, 1.54) is 45.3 Å². The summed E-state index contributed by atoms with van der Waals surface area (Å²) in [5.74, 6) is 0.803. The third-order valence-corrected chi connectivity index (χ3v) is 5.07. The van der Waals surface area contributed by atoms with Crippen molar-refractivity contribution in [1.29, 1.82) is 0 Å². The van der Waals surface area contributed by atoms with Gasteiger partial charge in [-0.05, 0) is 81.5 Å². The van der Waals surface area contributed by atoms with Crippen molar-refractivity contribution in [2.45, 2.75) is 37.0 Å². The Morgan fingerprint density at radius 2 is 1.74 bits per heavy atom. The fourth-order valence-electron chi connectivity index (χ4n) is 2.46. The molecule has 105 valence electrons. The van der Waals surface area contributed by atoms with Crippen LogP contribution in [0.15, 0.2) is 35.2 Å². The summed E-state index contributed by atoms with van der Waals surface area (Å²) in [6.07, 6.45) is 8.39. The molecule has 1 aromatic rings. The van der Waals surface area contributed by atoms with Gasteiger partial charge in [0.25, 0.3) is 0 Å². The third kappa shape index (κ3) is 5.55. The van der Waals surface area contributed by atoms with Gasteiger partial charge in [-0.2, -0.15) is 0 Å². The molecule has 1 aromatic carbocycles. The molecule has 1 aliphatic heterocycles. The van der Waals surface area contributed by atoms with Crippen LogP contribution in [0, 0.1) is 6.42 Å². The summed E-state index contributed by atoms with van der Waals surface area (Å²) < 4.78 is 12.0. The molecule has 1 radical (unpaired) electrons. The molecule has 1 heterocycles. The number of hydrogen-bond acceptors (Lipinski definition) is 2. The zero-order valence-electron chi connectivity index (χ0n) is 11.6. The van der Waals surface area contributed by atoms with Crippen LogP contribution in [0.3, 0.4) is 0 Å². The van der Waals surface area contributed by atoms with E-state index in [2.05, 4.69) is 11.3 Å². The summed E-state index contributed by atoms with van der Waals surface area (Å²) in [7, 11) is 0. The van der Waals surface area contributed by atoms with Crippen LogP contribution in [0.1, 0.15) is 32.1 Å². The van der Waals surface area contributed by atoms with E-state index in [4.69, 9.17) is 0 Å². The summed E-state index contributed by atoms with van der Waals surface area (Å²) in [6, 6.07) is 9.80. The Morgan fingerprint density at radius 3 is 2.47 bits per heavy atom. The average molecular weight is 278 g/mol. The predicted molar refractivity (Wildman–Crippen MR) is 81.5 cm³/mol. The van der Waals surface area contributed by atoms with E-state index in [9.17, 15) is 4.55 Å². The molecule has 2 rings (SSSR count). The van der Waals surface area contributed by atoms with E-state index < -0.39 is 11.2 Å². The molecule has 0 aliphatic carbocycles. The normalized spacial score (nSPS) is 18.4. The van der Waals surface area contributed by atoms with Crippen LogP contribution in [0.4, 0.5) is 0 Å². The van der Waals surface area contributed by atoms with E-state index in [1.54, 1.807) is 0 Å². The van der Waals surface area contributed by atoms with Crippen LogP contribution in [0.5, 0.6) is 0 Å². The van der Waals surface area contributed by atoms with Gasteiger partial charge in [0.2, 0.25) is 0 Å². The summed E-state index contributed by atoms with van der Waals surface area (Å²) in [6.45, 7) is 3.68. The SMILES string of the molecule is [O-][S+](CCCCCN1CC[CH]CC1)c1ccccc1. The second-order valence-corrected chi connectivity index (χ2v) is 6.70. The Kier molecular flexibility index (Phi) is 6.75. The molecule has 19 heavy (non-hydrogen) atoms. The number of nitrogens with zero attached hydrogens (tertiary/aromatic N) is 1. The molecule has 1 atom stereocenters. The highest BCUT2D eigenvalue weighted by Gasteiger charge is 2.11. The summed E-state index contributed by atoms with van der Waals surface area (Å²) >= 11 is -0.810. The lowest BCUT2D eigenvalue weighted by atomic mass is 10.1. The number of likely N-dealkylation sites (tertiary alicyclic amines) is 1. The zero-order valence-corrected chi connectivity index (χ0v) is 12.4. The van der Waals surface area contributed by atoms with Gasteiger partial charge in [-0.3, -0.25) is 0 Å². The Hall–Kier alpha value is -0.510. The highest BCUT2D eigenvalue weighted by molar-refractivity contribution is 7.91. The van der Waals surface area contributed by atoms with Crippen molar-refractivity contribution in [3.63, 3.8) is 0 Å². The zero-order chi connectivity index (χ0) is 13.3. The molecule has 1 aliphatic rings. The topological polar surface area (TPSA) is 26.3 Å². The second kappa shape index (κ2) is 8.62. The molecular formula is C16H24NOS. The van der Waals surface area contributed by atoms with Crippen molar-refractivity contribution in [3.05, 3.63) is 36.8 Å². The number of rotatable bonds is 7. The minimum Gasteiger partial charge on any atom is -0.611 e. The molecule has 0 amide bonds. The van der Waals surface area contributed by atoms with Gasteiger partial charge < -0.3 is 9.45 Å². The molecule has 1 fully saturated rings. The minimum atomic E-state index is -0.810. The Bertz CT molecular complexity index is 338. The van der Waals surface area contributed by atoms with Crippen LogP contribution in [0.25, 0.3) is 0 Å². The van der Waals surface area contributed by atoms with E-state index in [1.807, 2.05) is 30.3 Å². The van der Waals surface area contributed by atoms with Gasteiger partial charge in [0, 0.05) is 0 Å². The molecule has 0 spiro atoms. The molecule has 0 aromatic heterocycles. The van der Waals surface area contributed by atoms with E-state index >= 15 is 0 Å². The van der Waals surface area contributed by atoms with E-state index in [0.29, 0.717) is 0 Å². The fraction of sp³-hybridized carbons (Fsp3) is 0.562. The summed E-state index contributed by atoms with van der Waals surface area (Å²) in [4.78, 5) is 3.52. The highest BCUT2D eigenvalue weighted by atomic mass is 32.2. The van der Waals surface area contributed by atoms with Gasteiger partial charge >= 0.3 is 0 Å². The first kappa shape index (κ1) is 14.9. The van der Waals surface area contributed by atoms with Crippen molar-refractivity contribution in [1.82, 2.24) is 4.90 Å².